The van der Waals surface area contributed by atoms with E-state index in [2.05, 4.69) is 11.1 Å². The van der Waals surface area contributed by atoms with Crippen LogP contribution in [-0.2, 0) is 13.2 Å². The molecule has 80 valence electrons. The fourth-order valence-corrected chi connectivity index (χ4v) is 1.47. The van der Waals surface area contributed by atoms with E-state index in [1.807, 2.05) is 16.7 Å². The smallest absolute Gasteiger partial charge is 0.0991 e. The molecule has 2 aromatic rings. The minimum absolute atomic E-state index is 0.0413. The zero-order chi connectivity index (χ0) is 11.4. The van der Waals surface area contributed by atoms with Crippen molar-refractivity contribution in [1.29, 1.82) is 5.26 Å². The third-order valence-corrected chi connectivity index (χ3v) is 2.30. The van der Waals surface area contributed by atoms with Crippen molar-refractivity contribution in [1.82, 2.24) is 9.55 Å². The molecule has 1 aromatic carbocycles. The van der Waals surface area contributed by atoms with Crippen molar-refractivity contribution in [3.8, 4) is 6.07 Å². The summed E-state index contributed by atoms with van der Waals surface area (Å²) in [6.07, 6.45) is 3.49. The Bertz CT molecular complexity index is 508. The highest BCUT2D eigenvalue weighted by Crippen LogP contribution is 2.06. The Kier molecular flexibility index (Phi) is 2.99. The van der Waals surface area contributed by atoms with Gasteiger partial charge in [0, 0.05) is 12.7 Å². The van der Waals surface area contributed by atoms with Crippen LogP contribution in [0.5, 0.6) is 0 Å². The maximum atomic E-state index is 8.87. The van der Waals surface area contributed by atoms with Gasteiger partial charge in [-0.1, -0.05) is 12.1 Å². The summed E-state index contributed by atoms with van der Waals surface area (Å²) >= 11 is 0. The molecule has 1 aromatic heterocycles. The third kappa shape index (κ3) is 2.27. The van der Waals surface area contributed by atoms with Crippen LogP contribution in [-0.4, -0.2) is 14.7 Å². The summed E-state index contributed by atoms with van der Waals surface area (Å²) in [6, 6.07) is 9.49. The van der Waals surface area contributed by atoms with Gasteiger partial charge in [0.1, 0.15) is 0 Å². The number of nitrogens with zero attached hydrogens (tertiary/aromatic N) is 3. The zero-order valence-corrected chi connectivity index (χ0v) is 8.67. The van der Waals surface area contributed by atoms with Gasteiger partial charge in [0.25, 0.3) is 0 Å². The highest BCUT2D eigenvalue weighted by atomic mass is 16.3. The Labute approximate surface area is 93.4 Å². The van der Waals surface area contributed by atoms with Crippen LogP contribution in [0.4, 0.5) is 0 Å². The van der Waals surface area contributed by atoms with E-state index in [1.165, 1.54) is 0 Å². The van der Waals surface area contributed by atoms with Gasteiger partial charge in [0.2, 0.25) is 0 Å². The number of aliphatic hydroxyl groups is 1. The SMILES string of the molecule is N#Cc1ccc(Cn2cnc(CO)c2)cc1. The van der Waals surface area contributed by atoms with Crippen LogP contribution in [0, 0.1) is 11.3 Å². The van der Waals surface area contributed by atoms with E-state index in [0.29, 0.717) is 17.8 Å². The van der Waals surface area contributed by atoms with Crippen molar-refractivity contribution >= 4 is 0 Å². The van der Waals surface area contributed by atoms with Gasteiger partial charge in [0.05, 0.1) is 30.3 Å². The molecule has 0 amide bonds. The van der Waals surface area contributed by atoms with E-state index in [9.17, 15) is 0 Å². The predicted octanol–water partition coefficient (Wildman–Crippen LogP) is 1.30. The number of benzene rings is 1. The van der Waals surface area contributed by atoms with Crippen molar-refractivity contribution in [3.05, 3.63) is 53.6 Å². The zero-order valence-electron chi connectivity index (χ0n) is 8.67. The van der Waals surface area contributed by atoms with Gasteiger partial charge in [-0.05, 0) is 17.7 Å². The van der Waals surface area contributed by atoms with E-state index in [4.69, 9.17) is 10.4 Å². The average Bonchev–Trinajstić information content (AvgIpc) is 2.78. The lowest BCUT2D eigenvalue weighted by Crippen LogP contribution is -1.96. The van der Waals surface area contributed by atoms with Gasteiger partial charge >= 0.3 is 0 Å². The van der Waals surface area contributed by atoms with E-state index in [1.54, 1.807) is 24.7 Å². The Morgan fingerprint density at radius 1 is 1.31 bits per heavy atom. The second-order valence-corrected chi connectivity index (χ2v) is 3.50. The number of nitriles is 1. The largest absolute Gasteiger partial charge is 0.390 e. The molecule has 0 aliphatic carbocycles. The van der Waals surface area contributed by atoms with Crippen LogP contribution >= 0.6 is 0 Å². The van der Waals surface area contributed by atoms with Crippen molar-refractivity contribution in [3.63, 3.8) is 0 Å². The minimum Gasteiger partial charge on any atom is -0.390 e. The predicted molar refractivity (Wildman–Crippen MR) is 58.4 cm³/mol. The maximum Gasteiger partial charge on any atom is 0.0991 e. The first kappa shape index (κ1) is 10.4. The van der Waals surface area contributed by atoms with Gasteiger partial charge < -0.3 is 9.67 Å². The molecule has 0 fully saturated rings. The lowest BCUT2D eigenvalue weighted by Gasteiger charge is -2.01. The number of aliphatic hydroxyl groups excluding tert-OH is 1. The monoisotopic (exact) mass is 213 g/mol. The Hall–Kier alpha value is -2.12. The minimum atomic E-state index is -0.0413. The van der Waals surface area contributed by atoms with Crippen LogP contribution in [0.3, 0.4) is 0 Å². The molecule has 0 radical (unpaired) electrons. The molecule has 0 spiro atoms. The Balaban J connectivity index is 2.11. The van der Waals surface area contributed by atoms with Gasteiger partial charge in [-0.2, -0.15) is 5.26 Å². The second-order valence-electron chi connectivity index (χ2n) is 3.50. The molecule has 4 nitrogen and oxygen atoms in total. The Morgan fingerprint density at radius 3 is 2.62 bits per heavy atom. The van der Waals surface area contributed by atoms with Crippen LogP contribution in [0.25, 0.3) is 0 Å². The van der Waals surface area contributed by atoms with E-state index >= 15 is 0 Å². The summed E-state index contributed by atoms with van der Waals surface area (Å²) in [7, 11) is 0. The van der Waals surface area contributed by atoms with E-state index in [0.717, 1.165) is 5.56 Å². The van der Waals surface area contributed by atoms with Crippen LogP contribution < -0.4 is 0 Å². The molecule has 0 saturated heterocycles. The fraction of sp³-hybridized carbons (Fsp3) is 0.167. The fourth-order valence-electron chi connectivity index (χ4n) is 1.47. The van der Waals surface area contributed by atoms with Crippen molar-refractivity contribution in [2.75, 3.05) is 0 Å². The standard InChI is InChI=1S/C12H11N3O/c13-5-10-1-3-11(4-2-10)6-15-7-12(8-16)14-9-15/h1-4,7,9,16H,6,8H2. The third-order valence-electron chi connectivity index (χ3n) is 2.30. The maximum absolute atomic E-state index is 8.87. The average molecular weight is 213 g/mol. The van der Waals surface area contributed by atoms with Crippen LogP contribution in [0.15, 0.2) is 36.8 Å². The molecule has 4 heteroatoms. The van der Waals surface area contributed by atoms with Crippen molar-refractivity contribution < 1.29 is 5.11 Å². The molecule has 0 unspecified atom stereocenters. The highest BCUT2D eigenvalue weighted by molar-refractivity contribution is 5.31. The first-order chi connectivity index (χ1) is 7.81. The van der Waals surface area contributed by atoms with Gasteiger partial charge in [0.15, 0.2) is 0 Å². The molecule has 0 atom stereocenters. The lowest BCUT2D eigenvalue weighted by atomic mass is 10.1. The first-order valence-corrected chi connectivity index (χ1v) is 4.92. The van der Waals surface area contributed by atoms with Gasteiger partial charge in [-0.15, -0.1) is 0 Å². The first-order valence-electron chi connectivity index (χ1n) is 4.92. The molecule has 0 aliphatic rings. The Morgan fingerprint density at radius 2 is 2.06 bits per heavy atom. The number of hydrogen-bond donors (Lipinski definition) is 1. The topological polar surface area (TPSA) is 61.8 Å². The van der Waals surface area contributed by atoms with E-state index in [-0.39, 0.29) is 6.61 Å². The summed E-state index contributed by atoms with van der Waals surface area (Å²) in [5.74, 6) is 0. The number of hydrogen-bond acceptors (Lipinski definition) is 3. The van der Waals surface area contributed by atoms with Gasteiger partial charge in [-0.3, -0.25) is 0 Å². The molecule has 2 rings (SSSR count). The summed E-state index contributed by atoms with van der Waals surface area (Å²) in [6.45, 7) is 0.652. The quantitative estimate of drug-likeness (QED) is 0.835. The molecule has 0 aliphatic heterocycles. The summed E-state index contributed by atoms with van der Waals surface area (Å²) < 4.78 is 1.90. The molecule has 1 heterocycles. The lowest BCUT2D eigenvalue weighted by molar-refractivity contribution is 0.277. The number of aromatic nitrogens is 2. The normalized spacial score (nSPS) is 10.0. The second kappa shape index (κ2) is 4.60. The summed E-state index contributed by atoms with van der Waals surface area (Å²) in [4.78, 5) is 4.03. The van der Waals surface area contributed by atoms with Crippen molar-refractivity contribution in [2.24, 2.45) is 0 Å². The molecular weight excluding hydrogens is 202 g/mol. The van der Waals surface area contributed by atoms with Crippen molar-refractivity contribution in [2.45, 2.75) is 13.2 Å². The number of rotatable bonds is 3. The summed E-state index contributed by atoms with van der Waals surface area (Å²) in [5.41, 5.74) is 2.42. The summed E-state index contributed by atoms with van der Waals surface area (Å²) in [5, 5.41) is 17.5. The van der Waals surface area contributed by atoms with E-state index < -0.39 is 0 Å². The molecule has 0 bridgehead atoms. The number of imidazole rings is 1. The van der Waals surface area contributed by atoms with Crippen LogP contribution in [0.1, 0.15) is 16.8 Å². The van der Waals surface area contributed by atoms with Crippen LogP contribution in [0.2, 0.25) is 0 Å². The molecular formula is C12H11N3O. The molecule has 0 saturated carbocycles. The molecule has 16 heavy (non-hydrogen) atoms. The highest BCUT2D eigenvalue weighted by Gasteiger charge is 1.98. The molecule has 1 N–H and O–H groups in total. The van der Waals surface area contributed by atoms with Gasteiger partial charge in [-0.25, -0.2) is 4.98 Å².